The molecule has 2 atom stereocenters. The van der Waals surface area contributed by atoms with Crippen LogP contribution in [0.3, 0.4) is 0 Å². The van der Waals surface area contributed by atoms with Gasteiger partial charge in [0, 0.05) is 12.1 Å². The van der Waals surface area contributed by atoms with Crippen LogP contribution in [0.2, 0.25) is 0 Å². The molecular weight excluding hydrogens is 269 g/mol. The van der Waals surface area contributed by atoms with Crippen LogP contribution in [0.5, 0.6) is 0 Å². The largest absolute Gasteiger partial charge is 0.311 e. The van der Waals surface area contributed by atoms with Gasteiger partial charge in [-0.3, -0.25) is 0 Å². The van der Waals surface area contributed by atoms with E-state index in [1.165, 1.54) is 12.8 Å². The highest BCUT2D eigenvalue weighted by Crippen LogP contribution is 2.29. The highest BCUT2D eigenvalue weighted by molar-refractivity contribution is 9.10. The number of benzene rings is 1. The van der Waals surface area contributed by atoms with E-state index in [9.17, 15) is 4.39 Å². The summed E-state index contributed by atoms with van der Waals surface area (Å²) >= 11 is 3.23. The summed E-state index contributed by atoms with van der Waals surface area (Å²) in [4.78, 5) is 0. The Hall–Kier alpha value is -0.410. The lowest BCUT2D eigenvalue weighted by atomic mass is 9.94. The molecule has 0 aromatic heterocycles. The van der Waals surface area contributed by atoms with E-state index in [1.54, 1.807) is 6.07 Å². The summed E-state index contributed by atoms with van der Waals surface area (Å²) < 4.78 is 14.4. The smallest absolute Gasteiger partial charge is 0.140 e. The lowest BCUT2D eigenvalue weighted by Crippen LogP contribution is -2.32. The molecule has 0 saturated heterocycles. The van der Waals surface area contributed by atoms with Gasteiger partial charge >= 0.3 is 0 Å². The fraction of sp³-hybridized carbons (Fsp3) is 0.538. The van der Waals surface area contributed by atoms with Gasteiger partial charge in [-0.25, -0.2) is 4.39 Å². The van der Waals surface area contributed by atoms with Crippen LogP contribution in [0.4, 0.5) is 4.39 Å². The van der Waals surface area contributed by atoms with E-state index in [1.807, 2.05) is 12.1 Å². The third-order valence-electron chi connectivity index (χ3n) is 3.30. The molecule has 1 N–H and O–H groups in total. The average Bonchev–Trinajstić information content (AvgIpc) is 3.05. The van der Waals surface area contributed by atoms with Crippen LogP contribution in [0.25, 0.3) is 0 Å². The second kappa shape index (κ2) is 4.84. The van der Waals surface area contributed by atoms with Crippen LogP contribution in [0, 0.1) is 5.82 Å². The van der Waals surface area contributed by atoms with Crippen molar-refractivity contribution in [2.45, 2.75) is 44.7 Å². The highest BCUT2D eigenvalue weighted by Gasteiger charge is 2.26. The molecule has 1 aromatic rings. The summed E-state index contributed by atoms with van der Waals surface area (Å²) in [5, 5.41) is 3.52. The lowest BCUT2D eigenvalue weighted by molar-refractivity contribution is 0.461. The van der Waals surface area contributed by atoms with E-state index in [-0.39, 0.29) is 11.7 Å². The third-order valence-corrected chi connectivity index (χ3v) is 3.91. The van der Waals surface area contributed by atoms with Crippen LogP contribution in [-0.4, -0.2) is 12.1 Å². The topological polar surface area (TPSA) is 12.0 Å². The summed E-state index contributed by atoms with van der Waals surface area (Å²) in [6.07, 6.45) is 2.52. The Morgan fingerprint density at radius 3 is 2.69 bits per heavy atom. The average molecular weight is 286 g/mol. The number of halogens is 2. The van der Waals surface area contributed by atoms with Crippen molar-refractivity contribution in [1.82, 2.24) is 5.32 Å². The minimum atomic E-state index is -0.126. The van der Waals surface area contributed by atoms with Gasteiger partial charge in [-0.15, -0.1) is 0 Å². The number of nitrogens with one attached hydrogen (secondary N) is 1. The molecule has 0 bridgehead atoms. The quantitative estimate of drug-likeness (QED) is 0.887. The molecule has 0 aliphatic heterocycles. The highest BCUT2D eigenvalue weighted by atomic mass is 79.9. The Bertz CT molecular complexity index is 376. The van der Waals surface area contributed by atoms with Crippen molar-refractivity contribution in [3.63, 3.8) is 0 Å². The molecule has 1 aromatic carbocycles. The van der Waals surface area contributed by atoms with E-state index in [0.29, 0.717) is 16.6 Å². The van der Waals surface area contributed by atoms with Crippen molar-refractivity contribution in [2.24, 2.45) is 0 Å². The Morgan fingerprint density at radius 2 is 2.06 bits per heavy atom. The summed E-state index contributed by atoms with van der Waals surface area (Å²) in [5.74, 6) is 0.0672. The summed E-state index contributed by atoms with van der Waals surface area (Å²) in [6, 6.07) is 6.48. The van der Waals surface area contributed by atoms with Gasteiger partial charge in [-0.1, -0.05) is 19.1 Å². The first-order chi connectivity index (χ1) is 7.59. The second-order valence-corrected chi connectivity index (χ2v) is 5.52. The number of hydrogen-bond donors (Lipinski definition) is 1. The van der Waals surface area contributed by atoms with E-state index in [0.717, 1.165) is 5.56 Å². The van der Waals surface area contributed by atoms with E-state index in [4.69, 9.17) is 0 Å². The maximum absolute atomic E-state index is 13.9. The van der Waals surface area contributed by atoms with Crippen molar-refractivity contribution >= 4 is 15.9 Å². The minimum Gasteiger partial charge on any atom is -0.311 e. The molecule has 1 aliphatic carbocycles. The molecule has 0 spiro atoms. The second-order valence-electron chi connectivity index (χ2n) is 4.66. The van der Waals surface area contributed by atoms with Crippen molar-refractivity contribution in [3.05, 3.63) is 34.1 Å². The van der Waals surface area contributed by atoms with Crippen LogP contribution in [0.1, 0.15) is 38.2 Å². The molecule has 1 fully saturated rings. The fourth-order valence-corrected chi connectivity index (χ4v) is 2.29. The molecule has 1 aliphatic rings. The zero-order valence-corrected chi connectivity index (χ0v) is 11.2. The summed E-state index contributed by atoms with van der Waals surface area (Å²) in [5.41, 5.74) is 0.787. The Morgan fingerprint density at radius 1 is 1.38 bits per heavy atom. The SMILES string of the molecule is CC(NC1CC1)C(C)c1cccc(Br)c1F. The van der Waals surface area contributed by atoms with Crippen molar-refractivity contribution < 1.29 is 4.39 Å². The minimum absolute atomic E-state index is 0.126. The van der Waals surface area contributed by atoms with E-state index in [2.05, 4.69) is 35.1 Å². The first kappa shape index (κ1) is 12.1. The number of hydrogen-bond acceptors (Lipinski definition) is 1. The van der Waals surface area contributed by atoms with Gasteiger partial charge < -0.3 is 5.32 Å². The van der Waals surface area contributed by atoms with Gasteiger partial charge in [-0.05, 0) is 53.2 Å². The third kappa shape index (κ3) is 2.64. The normalized spacial score (nSPS) is 19.5. The molecule has 2 rings (SSSR count). The number of rotatable bonds is 4. The van der Waals surface area contributed by atoms with Gasteiger partial charge in [0.25, 0.3) is 0 Å². The Balaban J connectivity index is 2.12. The van der Waals surface area contributed by atoms with Gasteiger partial charge in [0.1, 0.15) is 5.82 Å². The zero-order chi connectivity index (χ0) is 11.7. The standard InChI is InChI=1S/C13H17BrFN/c1-8(9(2)16-10-6-7-10)11-4-3-5-12(14)13(11)15/h3-5,8-10,16H,6-7H2,1-2H3. The maximum Gasteiger partial charge on any atom is 0.140 e. The monoisotopic (exact) mass is 285 g/mol. The Kier molecular flexibility index (Phi) is 3.65. The predicted molar refractivity (Wildman–Crippen MR) is 68.1 cm³/mol. The molecule has 1 nitrogen and oxygen atoms in total. The molecule has 0 heterocycles. The van der Waals surface area contributed by atoms with Crippen LogP contribution < -0.4 is 5.32 Å². The van der Waals surface area contributed by atoms with Gasteiger partial charge in [0.2, 0.25) is 0 Å². The summed E-state index contributed by atoms with van der Waals surface area (Å²) in [7, 11) is 0. The molecule has 0 amide bonds. The Labute approximate surface area is 105 Å². The molecule has 16 heavy (non-hydrogen) atoms. The van der Waals surface area contributed by atoms with Gasteiger partial charge in [-0.2, -0.15) is 0 Å². The van der Waals surface area contributed by atoms with Crippen molar-refractivity contribution in [1.29, 1.82) is 0 Å². The molecule has 3 heteroatoms. The van der Waals surface area contributed by atoms with Crippen molar-refractivity contribution in [3.8, 4) is 0 Å². The zero-order valence-electron chi connectivity index (χ0n) is 9.63. The molecule has 88 valence electrons. The van der Waals surface area contributed by atoms with E-state index >= 15 is 0 Å². The molecular formula is C13H17BrFN. The van der Waals surface area contributed by atoms with E-state index < -0.39 is 0 Å². The first-order valence-electron chi connectivity index (χ1n) is 5.79. The first-order valence-corrected chi connectivity index (χ1v) is 6.59. The molecule has 0 radical (unpaired) electrons. The summed E-state index contributed by atoms with van der Waals surface area (Å²) in [6.45, 7) is 4.20. The molecule has 1 saturated carbocycles. The maximum atomic E-state index is 13.9. The van der Waals surface area contributed by atoms with Gasteiger partial charge in [0.05, 0.1) is 4.47 Å². The van der Waals surface area contributed by atoms with Crippen LogP contribution in [-0.2, 0) is 0 Å². The van der Waals surface area contributed by atoms with Crippen LogP contribution >= 0.6 is 15.9 Å². The van der Waals surface area contributed by atoms with Gasteiger partial charge in [0.15, 0.2) is 0 Å². The lowest BCUT2D eigenvalue weighted by Gasteiger charge is -2.22. The molecule has 2 unspecified atom stereocenters. The fourth-order valence-electron chi connectivity index (χ4n) is 1.91. The predicted octanol–water partition coefficient (Wildman–Crippen LogP) is 3.83. The van der Waals surface area contributed by atoms with Crippen LogP contribution in [0.15, 0.2) is 22.7 Å². The van der Waals surface area contributed by atoms with Crippen molar-refractivity contribution in [2.75, 3.05) is 0 Å².